The Morgan fingerprint density at radius 2 is 2.30 bits per heavy atom. The van der Waals surface area contributed by atoms with Gasteiger partial charge in [0.05, 0.1) is 24.1 Å². The van der Waals surface area contributed by atoms with Crippen molar-refractivity contribution in [3.8, 4) is 0 Å². The number of fused-ring (bicyclic) bond motifs is 1. The monoisotopic (exact) mass is 294 g/mol. The molecule has 1 heterocycles. The SMILES string of the molecule is COC[C@H](C)N(C)C(=O)c1ccc2c(c1)NC(=O)CS2. The van der Waals surface area contributed by atoms with Crippen LogP contribution in [0.15, 0.2) is 23.1 Å². The highest BCUT2D eigenvalue weighted by atomic mass is 32.2. The number of amides is 2. The molecular formula is C14H18N2O3S. The minimum Gasteiger partial charge on any atom is -0.383 e. The number of rotatable bonds is 4. The lowest BCUT2D eigenvalue weighted by Crippen LogP contribution is -2.37. The highest BCUT2D eigenvalue weighted by Crippen LogP contribution is 2.32. The largest absolute Gasteiger partial charge is 0.383 e. The number of nitrogens with one attached hydrogen (secondary N) is 1. The summed E-state index contributed by atoms with van der Waals surface area (Å²) >= 11 is 1.48. The van der Waals surface area contributed by atoms with Gasteiger partial charge in [-0.05, 0) is 25.1 Å². The van der Waals surface area contributed by atoms with Crippen molar-refractivity contribution in [1.29, 1.82) is 0 Å². The standard InChI is InChI=1S/C14H18N2O3S/c1-9(7-19-3)16(2)14(18)10-4-5-12-11(6-10)15-13(17)8-20-12/h4-6,9H,7-8H2,1-3H3,(H,15,17)/t9-/m0/s1. The second-order valence-electron chi connectivity index (χ2n) is 4.77. The van der Waals surface area contributed by atoms with Crippen molar-refractivity contribution in [1.82, 2.24) is 4.90 Å². The van der Waals surface area contributed by atoms with Crippen molar-refractivity contribution in [2.24, 2.45) is 0 Å². The number of carbonyl (C=O) groups excluding carboxylic acids is 2. The van der Waals surface area contributed by atoms with E-state index in [1.807, 2.05) is 13.0 Å². The zero-order chi connectivity index (χ0) is 14.7. The Bertz CT molecular complexity index is 533. The molecule has 0 aliphatic carbocycles. The number of anilines is 1. The summed E-state index contributed by atoms with van der Waals surface area (Å²) in [6, 6.07) is 5.40. The molecule has 0 saturated heterocycles. The van der Waals surface area contributed by atoms with Crippen LogP contribution in [0.25, 0.3) is 0 Å². The van der Waals surface area contributed by atoms with Crippen LogP contribution in [0.2, 0.25) is 0 Å². The molecule has 0 aromatic heterocycles. The van der Waals surface area contributed by atoms with Gasteiger partial charge < -0.3 is 15.0 Å². The Balaban J connectivity index is 2.18. The molecule has 0 bridgehead atoms. The van der Waals surface area contributed by atoms with Gasteiger partial charge in [-0.25, -0.2) is 0 Å². The molecule has 2 amide bonds. The van der Waals surface area contributed by atoms with Crippen LogP contribution in [0, 0.1) is 0 Å². The maximum absolute atomic E-state index is 12.4. The summed E-state index contributed by atoms with van der Waals surface area (Å²) in [7, 11) is 3.36. The number of hydrogen-bond acceptors (Lipinski definition) is 4. The maximum atomic E-state index is 12.4. The van der Waals surface area contributed by atoms with Crippen LogP contribution >= 0.6 is 11.8 Å². The van der Waals surface area contributed by atoms with Crippen molar-refractivity contribution >= 4 is 29.3 Å². The third-order valence-corrected chi connectivity index (χ3v) is 4.32. The lowest BCUT2D eigenvalue weighted by atomic mass is 10.1. The van der Waals surface area contributed by atoms with E-state index in [-0.39, 0.29) is 17.9 Å². The zero-order valence-corrected chi connectivity index (χ0v) is 12.6. The minimum absolute atomic E-state index is 0.00695. The van der Waals surface area contributed by atoms with Gasteiger partial charge in [0.2, 0.25) is 5.91 Å². The first-order chi connectivity index (χ1) is 9.52. The first-order valence-corrected chi connectivity index (χ1v) is 7.34. The van der Waals surface area contributed by atoms with E-state index < -0.39 is 0 Å². The molecule has 20 heavy (non-hydrogen) atoms. The van der Waals surface area contributed by atoms with Crippen LogP contribution in [0.4, 0.5) is 5.69 Å². The summed E-state index contributed by atoms with van der Waals surface area (Å²) in [5, 5.41) is 2.79. The molecule has 108 valence electrons. The number of ether oxygens (including phenoxy) is 1. The van der Waals surface area contributed by atoms with Crippen LogP contribution in [-0.2, 0) is 9.53 Å². The quantitative estimate of drug-likeness (QED) is 0.920. The molecule has 1 atom stereocenters. The van der Waals surface area contributed by atoms with Crippen molar-refractivity contribution in [3.63, 3.8) is 0 Å². The molecule has 0 fully saturated rings. The van der Waals surface area contributed by atoms with E-state index in [1.165, 1.54) is 11.8 Å². The van der Waals surface area contributed by atoms with Gasteiger partial charge in [0.15, 0.2) is 0 Å². The Morgan fingerprint density at radius 1 is 1.55 bits per heavy atom. The van der Waals surface area contributed by atoms with E-state index in [4.69, 9.17) is 4.74 Å². The summed E-state index contributed by atoms with van der Waals surface area (Å²) in [6.45, 7) is 2.41. The third kappa shape index (κ3) is 3.13. The first kappa shape index (κ1) is 14.9. The van der Waals surface area contributed by atoms with Crippen LogP contribution in [0.3, 0.4) is 0 Å². The van der Waals surface area contributed by atoms with E-state index in [2.05, 4.69) is 5.32 Å². The molecule has 0 saturated carbocycles. The predicted molar refractivity (Wildman–Crippen MR) is 79.2 cm³/mol. The zero-order valence-electron chi connectivity index (χ0n) is 11.8. The molecule has 5 nitrogen and oxygen atoms in total. The molecule has 2 rings (SSSR count). The van der Waals surface area contributed by atoms with Gasteiger partial charge in [-0.15, -0.1) is 11.8 Å². The Kier molecular flexibility index (Phi) is 4.67. The Hall–Kier alpha value is -1.53. The summed E-state index contributed by atoms with van der Waals surface area (Å²) in [4.78, 5) is 26.4. The summed E-state index contributed by atoms with van der Waals surface area (Å²) in [6.07, 6.45) is 0. The average molecular weight is 294 g/mol. The fraction of sp³-hybridized carbons (Fsp3) is 0.429. The molecule has 0 spiro atoms. The molecule has 0 radical (unpaired) electrons. The fourth-order valence-corrected chi connectivity index (χ4v) is 2.76. The third-order valence-electron chi connectivity index (χ3n) is 3.25. The van der Waals surface area contributed by atoms with Gasteiger partial charge >= 0.3 is 0 Å². The molecule has 1 aromatic carbocycles. The van der Waals surface area contributed by atoms with Gasteiger partial charge in [-0.2, -0.15) is 0 Å². The first-order valence-electron chi connectivity index (χ1n) is 6.35. The number of methoxy groups -OCH3 is 1. The maximum Gasteiger partial charge on any atom is 0.253 e. The van der Waals surface area contributed by atoms with Crippen molar-refractivity contribution in [2.75, 3.05) is 31.8 Å². The normalized spacial score (nSPS) is 15.2. The fourth-order valence-electron chi connectivity index (χ4n) is 1.97. The second kappa shape index (κ2) is 6.28. The number of carbonyl (C=O) groups is 2. The molecule has 6 heteroatoms. The average Bonchev–Trinajstić information content (AvgIpc) is 2.45. The van der Waals surface area contributed by atoms with Gasteiger partial charge in [-0.1, -0.05) is 0 Å². The Morgan fingerprint density at radius 3 is 3.00 bits per heavy atom. The van der Waals surface area contributed by atoms with Crippen LogP contribution < -0.4 is 5.32 Å². The van der Waals surface area contributed by atoms with Crippen molar-refractivity contribution < 1.29 is 14.3 Å². The lowest BCUT2D eigenvalue weighted by Gasteiger charge is -2.25. The predicted octanol–water partition coefficient (Wildman–Crippen LogP) is 1.84. The highest BCUT2D eigenvalue weighted by Gasteiger charge is 2.21. The van der Waals surface area contributed by atoms with E-state index in [0.29, 0.717) is 23.6 Å². The van der Waals surface area contributed by atoms with Gasteiger partial charge in [0, 0.05) is 24.6 Å². The molecule has 0 unspecified atom stereocenters. The van der Waals surface area contributed by atoms with E-state index in [9.17, 15) is 9.59 Å². The van der Waals surface area contributed by atoms with Gasteiger partial charge in [0.25, 0.3) is 5.91 Å². The topological polar surface area (TPSA) is 58.6 Å². The van der Waals surface area contributed by atoms with Gasteiger partial charge in [-0.3, -0.25) is 9.59 Å². The van der Waals surface area contributed by atoms with E-state index >= 15 is 0 Å². The number of benzene rings is 1. The second-order valence-corrected chi connectivity index (χ2v) is 5.79. The van der Waals surface area contributed by atoms with E-state index in [0.717, 1.165) is 4.90 Å². The van der Waals surface area contributed by atoms with Crippen molar-refractivity contribution in [2.45, 2.75) is 17.9 Å². The molecule has 1 N–H and O–H groups in total. The summed E-state index contributed by atoms with van der Waals surface area (Å²) < 4.78 is 5.06. The molecule has 1 aromatic rings. The highest BCUT2D eigenvalue weighted by molar-refractivity contribution is 8.00. The van der Waals surface area contributed by atoms with E-state index in [1.54, 1.807) is 31.2 Å². The minimum atomic E-state index is -0.0813. The number of likely N-dealkylation sites (N-methyl/N-ethyl adjacent to an activating group) is 1. The van der Waals surface area contributed by atoms with Crippen LogP contribution in [-0.4, -0.2) is 49.3 Å². The lowest BCUT2D eigenvalue weighted by molar-refractivity contribution is -0.113. The number of nitrogens with zero attached hydrogens (tertiary/aromatic N) is 1. The van der Waals surface area contributed by atoms with Crippen molar-refractivity contribution in [3.05, 3.63) is 23.8 Å². The smallest absolute Gasteiger partial charge is 0.253 e. The molecular weight excluding hydrogens is 276 g/mol. The van der Waals surface area contributed by atoms with Crippen LogP contribution in [0.5, 0.6) is 0 Å². The van der Waals surface area contributed by atoms with Gasteiger partial charge in [0.1, 0.15) is 0 Å². The van der Waals surface area contributed by atoms with Crippen LogP contribution in [0.1, 0.15) is 17.3 Å². The summed E-state index contributed by atoms with van der Waals surface area (Å²) in [5.41, 5.74) is 1.28. The molecule has 1 aliphatic rings. The number of thioether (sulfide) groups is 1. The Labute approximate surface area is 122 Å². The summed E-state index contributed by atoms with van der Waals surface area (Å²) in [5.74, 6) is 0.306. The number of hydrogen-bond donors (Lipinski definition) is 1. The molecule has 1 aliphatic heterocycles.